The third-order valence-electron chi connectivity index (χ3n) is 6.78. The first-order valence-corrected chi connectivity index (χ1v) is 13.1. The SMILES string of the molecule is C=C(c1csc(CN(Cc2ccc(OC)cc2)Cc2ccc3c(c2)OCO3)n1)N1CCC(C)CC1. The van der Waals surface area contributed by atoms with Crippen LogP contribution in [0.15, 0.2) is 54.4 Å². The number of piperidine rings is 1. The zero-order valence-electron chi connectivity index (χ0n) is 20.5. The van der Waals surface area contributed by atoms with Gasteiger partial charge in [-0.05, 0) is 54.2 Å². The van der Waals surface area contributed by atoms with Crippen molar-refractivity contribution < 1.29 is 14.2 Å². The predicted octanol–water partition coefficient (Wildman–Crippen LogP) is 5.79. The minimum Gasteiger partial charge on any atom is -0.497 e. The summed E-state index contributed by atoms with van der Waals surface area (Å²) in [6, 6.07) is 14.5. The van der Waals surface area contributed by atoms with Crippen LogP contribution in [-0.4, -0.2) is 41.8 Å². The van der Waals surface area contributed by atoms with E-state index >= 15 is 0 Å². The molecular weight excluding hydrogens is 458 g/mol. The number of nitrogens with zero attached hydrogens (tertiary/aromatic N) is 3. The van der Waals surface area contributed by atoms with E-state index in [4.69, 9.17) is 19.2 Å². The highest BCUT2D eigenvalue weighted by Gasteiger charge is 2.20. The van der Waals surface area contributed by atoms with Crippen LogP contribution in [0.4, 0.5) is 0 Å². The van der Waals surface area contributed by atoms with Gasteiger partial charge in [0.1, 0.15) is 10.8 Å². The molecule has 6 nitrogen and oxygen atoms in total. The van der Waals surface area contributed by atoms with Crippen LogP contribution in [0.1, 0.15) is 41.6 Å². The summed E-state index contributed by atoms with van der Waals surface area (Å²) in [5, 5.41) is 3.25. The van der Waals surface area contributed by atoms with Gasteiger partial charge in [0, 0.05) is 31.6 Å². The van der Waals surface area contributed by atoms with E-state index in [0.29, 0.717) is 0 Å². The first-order valence-electron chi connectivity index (χ1n) is 12.2. The molecule has 2 aromatic carbocycles. The monoisotopic (exact) mass is 491 g/mol. The largest absolute Gasteiger partial charge is 0.497 e. The van der Waals surface area contributed by atoms with Crippen LogP contribution < -0.4 is 14.2 Å². The number of thiazole rings is 1. The standard InChI is InChI=1S/C28H33N3O3S/c1-20-10-12-31(13-11-20)21(2)25-18-35-28(29-25)17-30(15-22-4-7-24(32-3)8-5-22)16-23-6-9-26-27(14-23)34-19-33-26/h4-9,14,18,20H,2,10-13,15-17,19H2,1,3H3. The highest BCUT2D eigenvalue weighted by Crippen LogP contribution is 2.33. The maximum atomic E-state index is 5.60. The van der Waals surface area contributed by atoms with Gasteiger partial charge in [-0.15, -0.1) is 11.3 Å². The number of fused-ring (bicyclic) bond motifs is 1. The molecule has 0 aliphatic carbocycles. The van der Waals surface area contributed by atoms with E-state index in [1.807, 2.05) is 18.2 Å². The molecule has 0 bridgehead atoms. The minimum absolute atomic E-state index is 0.288. The van der Waals surface area contributed by atoms with Gasteiger partial charge in [-0.1, -0.05) is 31.7 Å². The highest BCUT2D eigenvalue weighted by molar-refractivity contribution is 7.09. The summed E-state index contributed by atoms with van der Waals surface area (Å²) in [4.78, 5) is 9.78. The van der Waals surface area contributed by atoms with Gasteiger partial charge in [-0.25, -0.2) is 4.98 Å². The number of methoxy groups -OCH3 is 1. The molecule has 2 aliphatic heterocycles. The number of benzene rings is 2. The molecule has 184 valence electrons. The molecule has 7 heteroatoms. The van der Waals surface area contributed by atoms with E-state index in [-0.39, 0.29) is 6.79 Å². The normalized spacial score (nSPS) is 15.6. The Bertz CT molecular complexity index is 1150. The van der Waals surface area contributed by atoms with E-state index in [2.05, 4.69) is 52.9 Å². The van der Waals surface area contributed by atoms with E-state index in [1.165, 1.54) is 24.0 Å². The molecule has 1 saturated heterocycles. The van der Waals surface area contributed by atoms with E-state index < -0.39 is 0 Å². The van der Waals surface area contributed by atoms with Crippen molar-refractivity contribution in [1.29, 1.82) is 0 Å². The van der Waals surface area contributed by atoms with Crippen molar-refractivity contribution in [3.8, 4) is 17.2 Å². The molecule has 0 amide bonds. The summed E-state index contributed by atoms with van der Waals surface area (Å²) < 4.78 is 16.4. The maximum Gasteiger partial charge on any atom is 0.231 e. The molecule has 1 fully saturated rings. The van der Waals surface area contributed by atoms with Crippen molar-refractivity contribution in [1.82, 2.24) is 14.8 Å². The van der Waals surface area contributed by atoms with Crippen LogP contribution in [0.2, 0.25) is 0 Å². The first-order chi connectivity index (χ1) is 17.1. The maximum absolute atomic E-state index is 5.60. The average molecular weight is 492 g/mol. The second-order valence-electron chi connectivity index (χ2n) is 9.42. The number of ether oxygens (including phenoxy) is 3. The molecule has 0 radical (unpaired) electrons. The van der Waals surface area contributed by atoms with Crippen LogP contribution in [0.5, 0.6) is 17.2 Å². The molecule has 0 unspecified atom stereocenters. The van der Waals surface area contributed by atoms with Crippen LogP contribution in [0.25, 0.3) is 5.70 Å². The second-order valence-corrected chi connectivity index (χ2v) is 10.4. The third kappa shape index (κ3) is 5.80. The fourth-order valence-electron chi connectivity index (χ4n) is 4.60. The Morgan fingerprint density at radius 2 is 1.77 bits per heavy atom. The van der Waals surface area contributed by atoms with Crippen molar-refractivity contribution in [2.75, 3.05) is 27.0 Å². The first kappa shape index (κ1) is 23.7. The molecule has 2 aliphatic rings. The summed E-state index contributed by atoms with van der Waals surface area (Å²) in [7, 11) is 1.69. The molecule has 5 rings (SSSR count). The summed E-state index contributed by atoms with van der Waals surface area (Å²) in [5.74, 6) is 3.29. The summed E-state index contributed by atoms with van der Waals surface area (Å²) >= 11 is 1.71. The third-order valence-corrected chi connectivity index (χ3v) is 7.61. The number of rotatable bonds is 9. The van der Waals surface area contributed by atoms with Crippen LogP contribution in [0, 0.1) is 5.92 Å². The van der Waals surface area contributed by atoms with Gasteiger partial charge in [0.15, 0.2) is 11.5 Å². The van der Waals surface area contributed by atoms with Crippen molar-refractivity contribution in [3.63, 3.8) is 0 Å². The Balaban J connectivity index is 1.31. The van der Waals surface area contributed by atoms with E-state index in [1.54, 1.807) is 18.4 Å². The van der Waals surface area contributed by atoms with Crippen molar-refractivity contribution in [2.24, 2.45) is 5.92 Å². The van der Waals surface area contributed by atoms with Gasteiger partial charge < -0.3 is 19.1 Å². The van der Waals surface area contributed by atoms with Crippen LogP contribution in [0.3, 0.4) is 0 Å². The zero-order chi connectivity index (χ0) is 24.2. The molecule has 0 spiro atoms. The van der Waals surface area contributed by atoms with Crippen LogP contribution in [-0.2, 0) is 19.6 Å². The quantitative estimate of drug-likeness (QED) is 0.378. The Morgan fingerprint density at radius 1 is 1.06 bits per heavy atom. The highest BCUT2D eigenvalue weighted by atomic mass is 32.1. The molecule has 3 aromatic rings. The Morgan fingerprint density at radius 3 is 2.54 bits per heavy atom. The summed E-state index contributed by atoms with van der Waals surface area (Å²) in [6.07, 6.45) is 2.45. The topological polar surface area (TPSA) is 47.1 Å². The second kappa shape index (κ2) is 10.7. The van der Waals surface area contributed by atoms with Gasteiger partial charge >= 0.3 is 0 Å². The van der Waals surface area contributed by atoms with Crippen molar-refractivity contribution in [3.05, 3.63) is 76.3 Å². The van der Waals surface area contributed by atoms with Gasteiger partial charge in [-0.2, -0.15) is 0 Å². The number of hydrogen-bond donors (Lipinski definition) is 0. The number of hydrogen-bond acceptors (Lipinski definition) is 7. The molecule has 35 heavy (non-hydrogen) atoms. The predicted molar refractivity (Wildman–Crippen MR) is 140 cm³/mol. The summed E-state index contributed by atoms with van der Waals surface area (Å²) in [6.45, 7) is 11.5. The fraction of sp³-hybridized carbons (Fsp3) is 0.393. The van der Waals surface area contributed by atoms with E-state index in [9.17, 15) is 0 Å². The van der Waals surface area contributed by atoms with Crippen molar-refractivity contribution >= 4 is 17.0 Å². The van der Waals surface area contributed by atoms with Gasteiger partial charge in [0.25, 0.3) is 0 Å². The molecule has 0 atom stereocenters. The van der Waals surface area contributed by atoms with Gasteiger partial charge in [0.05, 0.1) is 25.0 Å². The Kier molecular flexibility index (Phi) is 7.25. The van der Waals surface area contributed by atoms with Gasteiger partial charge in [0.2, 0.25) is 6.79 Å². The lowest BCUT2D eigenvalue weighted by atomic mass is 9.99. The molecule has 0 N–H and O–H groups in total. The smallest absolute Gasteiger partial charge is 0.231 e. The fourth-order valence-corrected chi connectivity index (χ4v) is 5.45. The van der Waals surface area contributed by atoms with Crippen molar-refractivity contribution in [2.45, 2.75) is 39.4 Å². The Hall–Kier alpha value is -3.03. The number of aromatic nitrogens is 1. The minimum atomic E-state index is 0.288. The van der Waals surface area contributed by atoms with Gasteiger partial charge in [-0.3, -0.25) is 4.90 Å². The lowest BCUT2D eigenvalue weighted by Crippen LogP contribution is -2.31. The molecule has 1 aromatic heterocycles. The average Bonchev–Trinajstić information content (AvgIpc) is 3.54. The number of likely N-dealkylation sites (tertiary alicyclic amines) is 1. The molecule has 0 saturated carbocycles. The van der Waals surface area contributed by atoms with Crippen LogP contribution >= 0.6 is 11.3 Å². The molecule has 3 heterocycles. The lowest BCUT2D eigenvalue weighted by Gasteiger charge is -2.32. The molecular formula is C28H33N3O3S. The lowest BCUT2D eigenvalue weighted by molar-refractivity contribution is 0.174. The van der Waals surface area contributed by atoms with E-state index in [0.717, 1.165) is 72.3 Å². The zero-order valence-corrected chi connectivity index (χ0v) is 21.4. The summed E-state index contributed by atoms with van der Waals surface area (Å²) in [5.41, 5.74) is 4.48. The Labute approximate surface area is 211 Å².